The normalized spacial score (nSPS) is 10.8. The number of benzene rings is 1. The molecule has 0 aliphatic carbocycles. The molecule has 0 spiro atoms. The highest BCUT2D eigenvalue weighted by molar-refractivity contribution is 7.19. The lowest BCUT2D eigenvalue weighted by Crippen LogP contribution is -2.19. The second-order valence-corrected chi connectivity index (χ2v) is 6.60. The van der Waals surface area contributed by atoms with Gasteiger partial charge in [0.15, 0.2) is 0 Å². The molecule has 0 unspecified atom stereocenters. The lowest BCUT2D eigenvalue weighted by molar-refractivity contribution is -0.125. The van der Waals surface area contributed by atoms with Crippen molar-refractivity contribution in [3.05, 3.63) is 71.2 Å². The predicted octanol–water partition coefficient (Wildman–Crippen LogP) is 3.51. The van der Waals surface area contributed by atoms with Crippen LogP contribution in [0.3, 0.4) is 0 Å². The largest absolute Gasteiger partial charge is 0.348 e. The smallest absolute Gasteiger partial charge is 0.270 e. The lowest BCUT2D eigenvalue weighted by atomic mass is 10.2. The summed E-state index contributed by atoms with van der Waals surface area (Å²) in [5.41, 5.74) is 2.45. The molecular formula is C21H22N2O3S. The Hall–Kier alpha value is -3.14. The van der Waals surface area contributed by atoms with Crippen LogP contribution in [0.1, 0.15) is 11.8 Å². The van der Waals surface area contributed by atoms with E-state index in [0.717, 1.165) is 0 Å². The van der Waals surface area contributed by atoms with E-state index in [0.29, 0.717) is 17.6 Å². The molecule has 0 saturated heterocycles. The molecule has 1 heterocycles. The van der Waals surface area contributed by atoms with Gasteiger partial charge in [-0.2, -0.15) is 0 Å². The van der Waals surface area contributed by atoms with E-state index in [1.54, 1.807) is 13.0 Å². The Bertz CT molecular complexity index is 881. The molecule has 2 amide bonds. The van der Waals surface area contributed by atoms with Crippen molar-refractivity contribution in [3.63, 3.8) is 0 Å². The van der Waals surface area contributed by atoms with Crippen LogP contribution in [0.15, 0.2) is 66.3 Å². The van der Waals surface area contributed by atoms with Gasteiger partial charge in [0.05, 0.1) is 6.54 Å². The second-order valence-electron chi connectivity index (χ2n) is 5.31. The summed E-state index contributed by atoms with van der Waals surface area (Å²) in [7, 11) is 0. The van der Waals surface area contributed by atoms with Gasteiger partial charge < -0.3 is 5.32 Å². The maximum absolute atomic E-state index is 10.9. The molecule has 1 aromatic heterocycles. The molecule has 27 heavy (non-hydrogen) atoms. The number of hydrogen-bond donors (Lipinski definition) is 3. The van der Waals surface area contributed by atoms with Crippen LogP contribution in [0.25, 0.3) is 10.1 Å². The van der Waals surface area contributed by atoms with Gasteiger partial charge in [0.2, 0.25) is 6.41 Å². The van der Waals surface area contributed by atoms with E-state index in [1.807, 2.05) is 11.3 Å². The van der Waals surface area contributed by atoms with Crippen LogP contribution in [0.5, 0.6) is 0 Å². The Morgan fingerprint density at radius 2 is 2.07 bits per heavy atom. The fourth-order valence-electron chi connectivity index (χ4n) is 1.89. The third-order valence-electron chi connectivity index (χ3n) is 3.25. The van der Waals surface area contributed by atoms with Crippen molar-refractivity contribution in [2.45, 2.75) is 13.8 Å². The minimum Gasteiger partial charge on any atom is -0.348 e. The first-order valence-corrected chi connectivity index (χ1v) is 8.90. The Kier molecular flexibility index (Phi) is 9.94. The Labute approximate surface area is 163 Å². The maximum Gasteiger partial charge on any atom is 0.270 e. The average Bonchev–Trinajstić information content (AvgIpc) is 3.07. The van der Waals surface area contributed by atoms with E-state index < -0.39 is 5.91 Å². The summed E-state index contributed by atoms with van der Waals surface area (Å²) in [6.07, 6.45) is 5.17. The van der Waals surface area contributed by atoms with Crippen molar-refractivity contribution < 1.29 is 14.8 Å². The zero-order valence-electron chi connectivity index (χ0n) is 15.3. The summed E-state index contributed by atoms with van der Waals surface area (Å²) < 4.78 is 1.39. The fraction of sp³-hybridized carbons (Fsp3) is 0.143. The number of aryl methyl sites for hydroxylation is 1. The van der Waals surface area contributed by atoms with Crippen LogP contribution in [0.4, 0.5) is 0 Å². The highest BCUT2D eigenvalue weighted by atomic mass is 32.1. The molecule has 1 aromatic carbocycles. The summed E-state index contributed by atoms with van der Waals surface area (Å²) in [4.78, 5) is 22.3. The predicted molar refractivity (Wildman–Crippen MR) is 110 cm³/mol. The Morgan fingerprint density at radius 3 is 2.70 bits per heavy atom. The van der Waals surface area contributed by atoms with Gasteiger partial charge in [0.1, 0.15) is 0 Å². The SMILES string of the molecule is C=C/C(C#CCNC=O)=C\C=C(/C)C(=O)NO.Cc1cc2ccccc2s1. The number of fused-ring (bicyclic) bond motifs is 1. The van der Waals surface area contributed by atoms with Gasteiger partial charge in [0.25, 0.3) is 5.91 Å². The number of carbonyl (C=O) groups excluding carboxylic acids is 2. The zero-order chi connectivity index (χ0) is 20.1. The average molecular weight is 382 g/mol. The van der Waals surface area contributed by atoms with Crippen molar-refractivity contribution in [3.8, 4) is 11.8 Å². The monoisotopic (exact) mass is 382 g/mol. The van der Waals surface area contributed by atoms with Gasteiger partial charge in [-0.1, -0.05) is 48.8 Å². The van der Waals surface area contributed by atoms with Gasteiger partial charge >= 0.3 is 0 Å². The number of hydroxylamine groups is 1. The van der Waals surface area contributed by atoms with Gasteiger partial charge in [-0.3, -0.25) is 14.8 Å². The zero-order valence-corrected chi connectivity index (χ0v) is 16.1. The third kappa shape index (κ3) is 8.19. The van der Waals surface area contributed by atoms with Crippen LogP contribution < -0.4 is 10.8 Å². The topological polar surface area (TPSA) is 78.4 Å². The molecule has 140 valence electrons. The standard InChI is InChI=1S/C12H14N2O3.C9H8S/c1-3-11(5-4-8-13-9-15)7-6-10(2)12(16)14-17;1-7-6-8-4-2-3-5-9(8)10-7/h3,6-7,9,17H,1,8H2,2H3,(H,13,15)(H,14,16);2-6H,1H3/b10-6+,11-7+;. The molecule has 0 radical (unpaired) electrons. The van der Waals surface area contributed by atoms with E-state index in [1.165, 1.54) is 32.6 Å². The molecule has 2 aromatic rings. The molecule has 0 bridgehead atoms. The minimum atomic E-state index is -0.583. The van der Waals surface area contributed by atoms with E-state index in [4.69, 9.17) is 5.21 Å². The Morgan fingerprint density at radius 1 is 1.33 bits per heavy atom. The van der Waals surface area contributed by atoms with Crippen molar-refractivity contribution >= 4 is 33.7 Å². The van der Waals surface area contributed by atoms with E-state index in [9.17, 15) is 9.59 Å². The first kappa shape index (κ1) is 21.9. The van der Waals surface area contributed by atoms with E-state index >= 15 is 0 Å². The van der Waals surface area contributed by atoms with E-state index in [2.05, 4.69) is 61.0 Å². The lowest BCUT2D eigenvalue weighted by Gasteiger charge is -1.95. The molecule has 2 rings (SSSR count). The summed E-state index contributed by atoms with van der Waals surface area (Å²) >= 11 is 1.85. The molecule has 0 fully saturated rings. The minimum absolute atomic E-state index is 0.245. The van der Waals surface area contributed by atoms with Crippen molar-refractivity contribution in [1.82, 2.24) is 10.8 Å². The molecule has 0 aliphatic rings. The van der Waals surface area contributed by atoms with E-state index in [-0.39, 0.29) is 6.54 Å². The van der Waals surface area contributed by atoms with Gasteiger partial charge in [-0.05, 0) is 37.4 Å². The quantitative estimate of drug-likeness (QED) is 0.141. The Balaban J connectivity index is 0.000000303. The number of nitrogens with one attached hydrogen (secondary N) is 2. The number of carbonyl (C=O) groups is 2. The maximum atomic E-state index is 10.9. The summed E-state index contributed by atoms with van der Waals surface area (Å²) in [5.74, 6) is 4.86. The van der Waals surface area contributed by atoms with Crippen LogP contribution in [0.2, 0.25) is 0 Å². The number of thiophene rings is 1. The number of amides is 2. The van der Waals surface area contributed by atoms with Crippen LogP contribution >= 0.6 is 11.3 Å². The van der Waals surface area contributed by atoms with Crippen LogP contribution in [-0.4, -0.2) is 24.1 Å². The number of rotatable bonds is 5. The third-order valence-corrected chi connectivity index (χ3v) is 4.28. The molecule has 6 heteroatoms. The summed E-state index contributed by atoms with van der Waals surface area (Å²) in [6.45, 7) is 7.50. The van der Waals surface area contributed by atoms with Crippen LogP contribution in [-0.2, 0) is 9.59 Å². The molecule has 3 N–H and O–H groups in total. The summed E-state index contributed by atoms with van der Waals surface area (Å²) in [5, 5.41) is 12.1. The van der Waals surface area contributed by atoms with Gasteiger partial charge in [-0.15, -0.1) is 11.3 Å². The number of hydrogen-bond acceptors (Lipinski definition) is 4. The second kappa shape index (κ2) is 12.3. The first-order chi connectivity index (χ1) is 13.0. The van der Waals surface area contributed by atoms with Crippen LogP contribution in [0, 0.1) is 18.8 Å². The summed E-state index contributed by atoms with van der Waals surface area (Å²) in [6, 6.07) is 10.7. The van der Waals surface area contributed by atoms with Gasteiger partial charge in [0, 0.05) is 20.7 Å². The highest BCUT2D eigenvalue weighted by Gasteiger charge is 1.98. The molecule has 5 nitrogen and oxygen atoms in total. The first-order valence-electron chi connectivity index (χ1n) is 8.08. The van der Waals surface area contributed by atoms with Crippen molar-refractivity contribution in [1.29, 1.82) is 0 Å². The molecule has 0 aliphatic heterocycles. The molecular weight excluding hydrogens is 360 g/mol. The van der Waals surface area contributed by atoms with Crippen molar-refractivity contribution in [2.75, 3.05) is 6.54 Å². The van der Waals surface area contributed by atoms with Gasteiger partial charge in [-0.25, -0.2) is 5.48 Å². The van der Waals surface area contributed by atoms with Crippen molar-refractivity contribution in [2.24, 2.45) is 0 Å². The fourth-order valence-corrected chi connectivity index (χ4v) is 2.82. The number of allylic oxidation sites excluding steroid dienone is 4. The highest BCUT2D eigenvalue weighted by Crippen LogP contribution is 2.23. The molecule has 0 atom stereocenters. The molecule has 0 saturated carbocycles.